The van der Waals surface area contributed by atoms with Crippen molar-refractivity contribution < 1.29 is 5.11 Å². The summed E-state index contributed by atoms with van der Waals surface area (Å²) in [7, 11) is 0. The molecule has 2 atom stereocenters. The maximum Gasteiger partial charge on any atom is 0.0582 e. The average molecular weight is 284 g/mol. The SMILES string of the molecule is CC(CO)NC1CCCc2ccc(Br)cc21. The third-order valence-corrected chi connectivity index (χ3v) is 3.68. The first-order valence-electron chi connectivity index (χ1n) is 5.86. The Morgan fingerprint density at radius 1 is 1.56 bits per heavy atom. The third-order valence-electron chi connectivity index (χ3n) is 3.18. The standard InChI is InChI=1S/C13H18BrNO/c1-9(8-16)15-13-4-2-3-10-5-6-11(14)7-12(10)13/h5-7,9,13,15-16H,2-4,8H2,1H3. The number of rotatable bonds is 3. The van der Waals surface area contributed by atoms with Gasteiger partial charge < -0.3 is 10.4 Å². The highest BCUT2D eigenvalue weighted by atomic mass is 79.9. The van der Waals surface area contributed by atoms with E-state index in [1.807, 2.05) is 6.92 Å². The number of aliphatic hydroxyl groups excluding tert-OH is 1. The van der Waals surface area contributed by atoms with E-state index in [0.717, 1.165) is 10.9 Å². The molecule has 0 bridgehead atoms. The lowest BCUT2D eigenvalue weighted by Gasteiger charge is -2.29. The second-order valence-electron chi connectivity index (χ2n) is 4.54. The van der Waals surface area contributed by atoms with E-state index in [-0.39, 0.29) is 12.6 Å². The van der Waals surface area contributed by atoms with Gasteiger partial charge in [0.05, 0.1) is 6.61 Å². The van der Waals surface area contributed by atoms with Crippen LogP contribution in [0, 0.1) is 0 Å². The smallest absolute Gasteiger partial charge is 0.0582 e. The molecule has 0 saturated heterocycles. The molecule has 2 rings (SSSR count). The van der Waals surface area contributed by atoms with E-state index in [2.05, 4.69) is 39.4 Å². The minimum absolute atomic E-state index is 0.162. The molecule has 0 spiro atoms. The predicted molar refractivity (Wildman–Crippen MR) is 69.5 cm³/mol. The average Bonchev–Trinajstić information content (AvgIpc) is 2.29. The number of halogens is 1. The summed E-state index contributed by atoms with van der Waals surface area (Å²) in [5.41, 5.74) is 2.83. The Balaban J connectivity index is 2.21. The second-order valence-corrected chi connectivity index (χ2v) is 5.45. The van der Waals surface area contributed by atoms with Gasteiger partial charge in [-0.1, -0.05) is 22.0 Å². The van der Waals surface area contributed by atoms with Gasteiger partial charge in [0.1, 0.15) is 0 Å². The molecule has 2 unspecified atom stereocenters. The number of hydrogen-bond donors (Lipinski definition) is 2. The van der Waals surface area contributed by atoms with Gasteiger partial charge in [-0.15, -0.1) is 0 Å². The minimum Gasteiger partial charge on any atom is -0.395 e. The lowest BCUT2D eigenvalue weighted by molar-refractivity contribution is 0.236. The zero-order chi connectivity index (χ0) is 11.5. The molecule has 0 fully saturated rings. The molecule has 0 aromatic heterocycles. The molecule has 1 aliphatic carbocycles. The zero-order valence-electron chi connectivity index (χ0n) is 9.54. The van der Waals surface area contributed by atoms with Crippen molar-refractivity contribution in [2.24, 2.45) is 0 Å². The van der Waals surface area contributed by atoms with E-state index in [4.69, 9.17) is 5.11 Å². The number of aliphatic hydroxyl groups is 1. The maximum atomic E-state index is 9.10. The maximum absolute atomic E-state index is 9.10. The first-order valence-corrected chi connectivity index (χ1v) is 6.65. The van der Waals surface area contributed by atoms with Crippen LogP contribution in [0.1, 0.15) is 36.9 Å². The van der Waals surface area contributed by atoms with Crippen molar-refractivity contribution in [3.05, 3.63) is 33.8 Å². The normalized spacial score (nSPS) is 21.6. The monoisotopic (exact) mass is 283 g/mol. The van der Waals surface area contributed by atoms with E-state index >= 15 is 0 Å². The Hall–Kier alpha value is -0.380. The Morgan fingerprint density at radius 3 is 3.12 bits per heavy atom. The fraction of sp³-hybridized carbons (Fsp3) is 0.538. The van der Waals surface area contributed by atoms with Crippen molar-refractivity contribution >= 4 is 15.9 Å². The Morgan fingerprint density at radius 2 is 2.38 bits per heavy atom. The summed E-state index contributed by atoms with van der Waals surface area (Å²) in [6, 6.07) is 7.07. The fourth-order valence-corrected chi connectivity index (χ4v) is 2.72. The van der Waals surface area contributed by atoms with Gasteiger partial charge in [-0.3, -0.25) is 0 Å². The molecule has 0 heterocycles. The summed E-state index contributed by atoms with van der Waals surface area (Å²) >= 11 is 3.52. The van der Waals surface area contributed by atoms with Gasteiger partial charge in [0.25, 0.3) is 0 Å². The van der Waals surface area contributed by atoms with E-state index in [1.54, 1.807) is 0 Å². The molecule has 16 heavy (non-hydrogen) atoms. The second kappa shape index (κ2) is 5.30. The van der Waals surface area contributed by atoms with Crippen LogP contribution in [-0.2, 0) is 6.42 Å². The molecule has 1 aromatic rings. The summed E-state index contributed by atoms with van der Waals surface area (Å²) in [6.07, 6.45) is 3.56. The molecule has 88 valence electrons. The van der Waals surface area contributed by atoms with Gasteiger partial charge >= 0.3 is 0 Å². The molecule has 2 N–H and O–H groups in total. The van der Waals surface area contributed by atoms with E-state index in [0.29, 0.717) is 6.04 Å². The first kappa shape index (κ1) is 12.1. The summed E-state index contributed by atoms with van der Waals surface area (Å²) in [6.45, 7) is 2.21. The van der Waals surface area contributed by atoms with Gasteiger partial charge in [0.15, 0.2) is 0 Å². The van der Waals surface area contributed by atoms with Crippen LogP contribution in [0.5, 0.6) is 0 Å². The van der Waals surface area contributed by atoms with Crippen molar-refractivity contribution in [2.75, 3.05) is 6.61 Å². The molecule has 1 aliphatic rings. The summed E-state index contributed by atoms with van der Waals surface area (Å²) < 4.78 is 1.14. The van der Waals surface area contributed by atoms with Crippen LogP contribution in [0.25, 0.3) is 0 Å². The lowest BCUT2D eigenvalue weighted by Crippen LogP contribution is -2.34. The van der Waals surface area contributed by atoms with Crippen LogP contribution in [0.2, 0.25) is 0 Å². The number of benzene rings is 1. The largest absolute Gasteiger partial charge is 0.395 e. The van der Waals surface area contributed by atoms with Gasteiger partial charge in [-0.05, 0) is 49.4 Å². The molecule has 2 nitrogen and oxygen atoms in total. The minimum atomic E-state index is 0.162. The molecule has 0 radical (unpaired) electrons. The third kappa shape index (κ3) is 2.65. The van der Waals surface area contributed by atoms with Crippen LogP contribution in [0.3, 0.4) is 0 Å². The van der Waals surface area contributed by atoms with Crippen LogP contribution in [0.4, 0.5) is 0 Å². The number of hydrogen-bond acceptors (Lipinski definition) is 2. The quantitative estimate of drug-likeness (QED) is 0.894. The van der Waals surface area contributed by atoms with Crippen LogP contribution in [-0.4, -0.2) is 17.8 Å². The Bertz CT molecular complexity index is 367. The molecule has 0 aliphatic heterocycles. The molecule has 1 aromatic carbocycles. The molecule has 0 saturated carbocycles. The van der Waals surface area contributed by atoms with Gasteiger partial charge in [-0.2, -0.15) is 0 Å². The summed E-state index contributed by atoms with van der Waals surface area (Å²) in [4.78, 5) is 0. The van der Waals surface area contributed by atoms with Crippen molar-refractivity contribution in [3.8, 4) is 0 Å². The Kier molecular flexibility index (Phi) is 4.00. The lowest BCUT2D eigenvalue weighted by atomic mass is 9.87. The number of aryl methyl sites for hydroxylation is 1. The van der Waals surface area contributed by atoms with Crippen molar-refractivity contribution in [1.82, 2.24) is 5.32 Å². The zero-order valence-corrected chi connectivity index (χ0v) is 11.1. The van der Waals surface area contributed by atoms with Crippen LogP contribution in [0.15, 0.2) is 22.7 Å². The highest BCUT2D eigenvalue weighted by Crippen LogP contribution is 2.31. The molecular formula is C13H18BrNO. The van der Waals surface area contributed by atoms with Crippen LogP contribution >= 0.6 is 15.9 Å². The fourth-order valence-electron chi connectivity index (χ4n) is 2.34. The highest BCUT2D eigenvalue weighted by molar-refractivity contribution is 9.10. The molecule has 0 amide bonds. The van der Waals surface area contributed by atoms with Crippen molar-refractivity contribution in [3.63, 3.8) is 0 Å². The summed E-state index contributed by atoms with van der Waals surface area (Å²) in [5, 5.41) is 12.6. The van der Waals surface area contributed by atoms with E-state index < -0.39 is 0 Å². The van der Waals surface area contributed by atoms with Gasteiger partial charge in [0, 0.05) is 16.6 Å². The predicted octanol–water partition coefficient (Wildman–Crippen LogP) is 2.80. The van der Waals surface area contributed by atoms with Gasteiger partial charge in [-0.25, -0.2) is 0 Å². The topological polar surface area (TPSA) is 32.3 Å². The Labute approximate surface area is 105 Å². The van der Waals surface area contributed by atoms with E-state index in [1.165, 1.54) is 24.0 Å². The van der Waals surface area contributed by atoms with Crippen molar-refractivity contribution in [1.29, 1.82) is 0 Å². The highest BCUT2D eigenvalue weighted by Gasteiger charge is 2.21. The van der Waals surface area contributed by atoms with Crippen LogP contribution < -0.4 is 5.32 Å². The van der Waals surface area contributed by atoms with E-state index in [9.17, 15) is 0 Å². The van der Waals surface area contributed by atoms with Gasteiger partial charge in [0.2, 0.25) is 0 Å². The number of nitrogens with one attached hydrogen (secondary N) is 1. The summed E-state index contributed by atoms with van der Waals surface area (Å²) in [5.74, 6) is 0. The molecule has 3 heteroatoms. The van der Waals surface area contributed by atoms with Crippen molar-refractivity contribution in [2.45, 2.75) is 38.3 Å². The number of fused-ring (bicyclic) bond motifs is 1. The molecular weight excluding hydrogens is 266 g/mol. The first-order chi connectivity index (χ1) is 7.70.